The molecule has 1 N–H and O–H groups in total. The summed E-state index contributed by atoms with van der Waals surface area (Å²) < 4.78 is 0. The molecule has 0 saturated heterocycles. The Morgan fingerprint density at radius 3 is 1.89 bits per heavy atom. The van der Waals surface area contributed by atoms with Crippen molar-refractivity contribution in [1.82, 2.24) is 0 Å². The molecular weight excluding hydrogens is 116 g/mol. The van der Waals surface area contributed by atoms with E-state index in [1.54, 1.807) is 6.92 Å². The van der Waals surface area contributed by atoms with Crippen molar-refractivity contribution in [1.29, 1.82) is 0 Å². The summed E-state index contributed by atoms with van der Waals surface area (Å²) in [5.41, 5.74) is 0. The Hall–Kier alpha value is -0.370. The van der Waals surface area contributed by atoms with Gasteiger partial charge in [0.1, 0.15) is 6.29 Å². The minimum absolute atomic E-state index is 0.171. The Morgan fingerprint density at radius 2 is 1.78 bits per heavy atom. The van der Waals surface area contributed by atoms with Crippen molar-refractivity contribution in [3.8, 4) is 0 Å². The van der Waals surface area contributed by atoms with Gasteiger partial charge in [-0.2, -0.15) is 0 Å². The van der Waals surface area contributed by atoms with Crippen LogP contribution in [0.1, 0.15) is 20.8 Å². The minimum atomic E-state index is -0.484. The first-order valence-corrected chi connectivity index (χ1v) is 3.23. The molecule has 0 aliphatic carbocycles. The van der Waals surface area contributed by atoms with Crippen LogP contribution in [0.15, 0.2) is 0 Å². The van der Waals surface area contributed by atoms with Crippen LogP contribution in [0.3, 0.4) is 0 Å². The smallest absolute Gasteiger partial charge is 0.125 e. The third-order valence-corrected chi connectivity index (χ3v) is 1.44. The molecule has 0 aromatic heterocycles. The molecule has 2 nitrogen and oxygen atoms in total. The molecule has 0 amide bonds. The molecule has 2 unspecified atom stereocenters. The van der Waals surface area contributed by atoms with Crippen molar-refractivity contribution in [3.05, 3.63) is 0 Å². The summed E-state index contributed by atoms with van der Waals surface area (Å²) >= 11 is 0. The zero-order chi connectivity index (χ0) is 7.44. The normalized spacial score (nSPS) is 17.4. The van der Waals surface area contributed by atoms with E-state index in [1.165, 1.54) is 0 Å². The molecule has 54 valence electrons. The van der Waals surface area contributed by atoms with E-state index >= 15 is 0 Å². The van der Waals surface area contributed by atoms with Crippen LogP contribution in [0.5, 0.6) is 0 Å². The molecule has 2 heteroatoms. The molecule has 0 aliphatic heterocycles. The SMILES string of the molecule is CC(C)C(O)C(C)C=O. The van der Waals surface area contributed by atoms with E-state index in [4.69, 9.17) is 5.11 Å². The Kier molecular flexibility index (Phi) is 3.47. The van der Waals surface area contributed by atoms with Gasteiger partial charge in [-0.05, 0) is 5.92 Å². The summed E-state index contributed by atoms with van der Waals surface area (Å²) in [4.78, 5) is 10.1. The standard InChI is InChI=1S/C7H14O2/c1-5(2)7(9)6(3)4-8/h4-7,9H,1-3H3. The first-order chi connectivity index (χ1) is 4.09. The molecule has 2 atom stereocenters. The predicted octanol–water partition coefficient (Wildman–Crippen LogP) is 0.838. The van der Waals surface area contributed by atoms with Crippen LogP contribution in [0.4, 0.5) is 0 Å². The summed E-state index contributed by atoms with van der Waals surface area (Å²) in [6.45, 7) is 5.51. The monoisotopic (exact) mass is 130 g/mol. The first kappa shape index (κ1) is 8.63. The quantitative estimate of drug-likeness (QED) is 0.575. The van der Waals surface area contributed by atoms with Gasteiger partial charge in [0.2, 0.25) is 0 Å². The first-order valence-electron chi connectivity index (χ1n) is 3.23. The number of aldehydes is 1. The van der Waals surface area contributed by atoms with Crippen LogP contribution in [-0.2, 0) is 4.79 Å². The van der Waals surface area contributed by atoms with Gasteiger partial charge in [0.25, 0.3) is 0 Å². The van der Waals surface area contributed by atoms with E-state index < -0.39 is 6.10 Å². The van der Waals surface area contributed by atoms with Crippen LogP contribution in [-0.4, -0.2) is 17.5 Å². The second-order valence-electron chi connectivity index (χ2n) is 2.73. The fourth-order valence-electron chi connectivity index (χ4n) is 0.688. The second-order valence-corrected chi connectivity index (χ2v) is 2.73. The van der Waals surface area contributed by atoms with Gasteiger partial charge >= 0.3 is 0 Å². The zero-order valence-electron chi connectivity index (χ0n) is 6.16. The number of carbonyl (C=O) groups excluding carboxylic acids is 1. The molecule has 0 aromatic carbocycles. The van der Waals surface area contributed by atoms with Crippen molar-refractivity contribution in [3.63, 3.8) is 0 Å². The Labute approximate surface area is 55.9 Å². The molecule has 0 aromatic rings. The fraction of sp³-hybridized carbons (Fsp3) is 0.857. The molecule has 0 rings (SSSR count). The second kappa shape index (κ2) is 3.62. The molecule has 0 radical (unpaired) electrons. The maximum absolute atomic E-state index is 10.1. The van der Waals surface area contributed by atoms with E-state index in [9.17, 15) is 4.79 Å². The lowest BCUT2D eigenvalue weighted by molar-refractivity contribution is -0.114. The average molecular weight is 130 g/mol. The topological polar surface area (TPSA) is 37.3 Å². The summed E-state index contributed by atoms with van der Waals surface area (Å²) in [5.74, 6) is -0.0600. The van der Waals surface area contributed by atoms with Crippen LogP contribution in [0, 0.1) is 11.8 Å². The molecule has 0 saturated carbocycles. The summed E-state index contributed by atoms with van der Waals surface area (Å²) in [6, 6.07) is 0. The van der Waals surface area contributed by atoms with Crippen LogP contribution >= 0.6 is 0 Å². The number of aliphatic hydroxyl groups excluding tert-OH is 1. The number of hydrogen-bond acceptors (Lipinski definition) is 2. The van der Waals surface area contributed by atoms with Crippen molar-refractivity contribution in [2.24, 2.45) is 11.8 Å². The lowest BCUT2D eigenvalue weighted by Gasteiger charge is -2.16. The lowest BCUT2D eigenvalue weighted by Crippen LogP contribution is -2.24. The van der Waals surface area contributed by atoms with Crippen molar-refractivity contribution in [2.75, 3.05) is 0 Å². The highest BCUT2D eigenvalue weighted by Crippen LogP contribution is 2.09. The predicted molar refractivity (Wildman–Crippen MR) is 36.1 cm³/mol. The average Bonchev–Trinajstić information content (AvgIpc) is 1.84. The van der Waals surface area contributed by atoms with E-state index in [-0.39, 0.29) is 11.8 Å². The summed E-state index contributed by atoms with van der Waals surface area (Å²) in [7, 11) is 0. The highest BCUT2D eigenvalue weighted by atomic mass is 16.3. The molecule has 0 spiro atoms. The highest BCUT2D eigenvalue weighted by molar-refractivity contribution is 5.53. The molecule has 0 aliphatic rings. The molecule has 0 bridgehead atoms. The lowest BCUT2D eigenvalue weighted by atomic mass is 9.96. The number of hydrogen-bond donors (Lipinski definition) is 1. The van der Waals surface area contributed by atoms with E-state index in [0.29, 0.717) is 0 Å². The molecule has 9 heavy (non-hydrogen) atoms. The van der Waals surface area contributed by atoms with Gasteiger partial charge in [-0.25, -0.2) is 0 Å². The Bertz CT molecular complexity index is 88.9. The van der Waals surface area contributed by atoms with Gasteiger partial charge in [-0.3, -0.25) is 0 Å². The van der Waals surface area contributed by atoms with Crippen LogP contribution < -0.4 is 0 Å². The van der Waals surface area contributed by atoms with Gasteiger partial charge in [-0.15, -0.1) is 0 Å². The van der Waals surface area contributed by atoms with Gasteiger partial charge in [0, 0.05) is 5.92 Å². The summed E-state index contributed by atoms with van der Waals surface area (Å²) in [6.07, 6.45) is 0.299. The van der Waals surface area contributed by atoms with Crippen molar-refractivity contribution < 1.29 is 9.90 Å². The highest BCUT2D eigenvalue weighted by Gasteiger charge is 2.15. The molecular formula is C7H14O2. The fourth-order valence-corrected chi connectivity index (χ4v) is 0.688. The maximum Gasteiger partial charge on any atom is 0.125 e. The maximum atomic E-state index is 10.1. The van der Waals surface area contributed by atoms with Gasteiger partial charge in [-0.1, -0.05) is 20.8 Å². The third-order valence-electron chi connectivity index (χ3n) is 1.44. The number of rotatable bonds is 3. The van der Waals surface area contributed by atoms with Crippen LogP contribution in [0.2, 0.25) is 0 Å². The van der Waals surface area contributed by atoms with E-state index in [2.05, 4.69) is 0 Å². The largest absolute Gasteiger partial charge is 0.392 e. The van der Waals surface area contributed by atoms with Gasteiger partial charge < -0.3 is 9.90 Å². The minimum Gasteiger partial charge on any atom is -0.392 e. The number of aliphatic hydroxyl groups is 1. The van der Waals surface area contributed by atoms with E-state index in [1.807, 2.05) is 13.8 Å². The van der Waals surface area contributed by atoms with Crippen molar-refractivity contribution in [2.45, 2.75) is 26.9 Å². The Balaban J connectivity index is 3.71. The molecule has 0 heterocycles. The third kappa shape index (κ3) is 2.61. The number of carbonyl (C=O) groups is 1. The molecule has 0 fully saturated rings. The summed E-state index contributed by atoms with van der Waals surface area (Å²) in [5, 5.41) is 9.16. The van der Waals surface area contributed by atoms with Crippen LogP contribution in [0.25, 0.3) is 0 Å². The van der Waals surface area contributed by atoms with Crippen molar-refractivity contribution >= 4 is 6.29 Å². The van der Waals surface area contributed by atoms with E-state index in [0.717, 1.165) is 6.29 Å². The Morgan fingerprint density at radius 1 is 1.33 bits per heavy atom. The van der Waals surface area contributed by atoms with Gasteiger partial charge in [0.05, 0.1) is 6.10 Å². The van der Waals surface area contributed by atoms with Gasteiger partial charge in [0.15, 0.2) is 0 Å². The zero-order valence-corrected chi connectivity index (χ0v) is 6.16.